The molecule has 20 heavy (non-hydrogen) atoms. The molecule has 0 unspecified atom stereocenters. The van der Waals surface area contributed by atoms with Crippen molar-refractivity contribution in [3.05, 3.63) is 36.4 Å². The number of rotatable bonds is 0. The quantitative estimate of drug-likeness (QED) is 0.223. The molecule has 4 aromatic carbocycles. The number of phenolic OH excluding ortho intramolecular Hbond substituents is 2. The maximum absolute atomic E-state index is 10.3. The Morgan fingerprint density at radius 3 is 1.40 bits per heavy atom. The Hall–Kier alpha value is -2.88. The molecule has 0 aliphatic rings. The second-order valence-electron chi connectivity index (χ2n) is 4.98. The van der Waals surface area contributed by atoms with Crippen LogP contribution in [0.25, 0.3) is 32.3 Å². The molecular formula is C16H12N2O2. The highest BCUT2D eigenvalue weighted by atomic mass is 16.3. The number of hydrogen-bond acceptors (Lipinski definition) is 4. The van der Waals surface area contributed by atoms with Crippen molar-refractivity contribution in [1.29, 1.82) is 0 Å². The highest BCUT2D eigenvalue weighted by molar-refractivity contribution is 6.31. The monoisotopic (exact) mass is 264 g/mol. The van der Waals surface area contributed by atoms with Crippen molar-refractivity contribution in [3.8, 4) is 11.5 Å². The van der Waals surface area contributed by atoms with Crippen LogP contribution in [0.5, 0.6) is 11.5 Å². The van der Waals surface area contributed by atoms with Crippen LogP contribution in [-0.4, -0.2) is 10.2 Å². The molecule has 0 fully saturated rings. The summed E-state index contributed by atoms with van der Waals surface area (Å²) in [6.45, 7) is 0. The smallest absolute Gasteiger partial charge is 0.146 e. The Balaban J connectivity index is 2.54. The Morgan fingerprint density at radius 2 is 0.950 bits per heavy atom. The van der Waals surface area contributed by atoms with Gasteiger partial charge in [-0.2, -0.15) is 0 Å². The highest BCUT2D eigenvalue weighted by Crippen LogP contribution is 2.48. The van der Waals surface area contributed by atoms with Crippen LogP contribution in [0.4, 0.5) is 11.4 Å². The summed E-state index contributed by atoms with van der Waals surface area (Å²) in [5, 5.41) is 25.0. The number of aromatic hydroxyl groups is 2. The average molecular weight is 264 g/mol. The molecule has 0 bridgehead atoms. The summed E-state index contributed by atoms with van der Waals surface area (Å²) in [5.74, 6) is 0.0829. The van der Waals surface area contributed by atoms with Crippen LogP contribution in [0.1, 0.15) is 0 Å². The summed E-state index contributed by atoms with van der Waals surface area (Å²) < 4.78 is 0. The van der Waals surface area contributed by atoms with E-state index in [1.54, 1.807) is 18.2 Å². The fourth-order valence-corrected chi connectivity index (χ4v) is 3.03. The average Bonchev–Trinajstić information content (AvgIpc) is 2.48. The number of nitrogen functional groups attached to an aromatic ring is 2. The Kier molecular flexibility index (Phi) is 1.85. The van der Waals surface area contributed by atoms with Gasteiger partial charge in [-0.3, -0.25) is 0 Å². The van der Waals surface area contributed by atoms with E-state index in [4.69, 9.17) is 11.5 Å². The normalized spacial score (nSPS) is 11.8. The zero-order valence-corrected chi connectivity index (χ0v) is 10.5. The molecule has 4 nitrogen and oxygen atoms in total. The first-order chi connectivity index (χ1) is 9.61. The van der Waals surface area contributed by atoms with Crippen molar-refractivity contribution < 1.29 is 10.2 Å². The second-order valence-corrected chi connectivity index (χ2v) is 4.98. The van der Waals surface area contributed by atoms with E-state index in [9.17, 15) is 10.2 Å². The molecule has 0 amide bonds. The molecule has 0 saturated carbocycles. The van der Waals surface area contributed by atoms with Gasteiger partial charge in [0.2, 0.25) is 0 Å². The molecule has 0 heterocycles. The van der Waals surface area contributed by atoms with E-state index in [-0.39, 0.29) is 11.5 Å². The van der Waals surface area contributed by atoms with E-state index >= 15 is 0 Å². The number of phenols is 2. The third-order valence-electron chi connectivity index (χ3n) is 3.98. The van der Waals surface area contributed by atoms with Gasteiger partial charge in [0.25, 0.3) is 0 Å². The standard InChI is InChI=1S/C16H12N2O2/c17-13-7-3-1-4-8-11(7)12-9(15(13)19)5-2-6-10(12)16(20)14(8)18/h1-6,19-20H,17-18H2. The minimum atomic E-state index is 0.0415. The summed E-state index contributed by atoms with van der Waals surface area (Å²) in [5.41, 5.74) is 12.7. The number of anilines is 2. The van der Waals surface area contributed by atoms with Gasteiger partial charge in [0.1, 0.15) is 11.5 Å². The fourth-order valence-electron chi connectivity index (χ4n) is 3.03. The summed E-state index contributed by atoms with van der Waals surface area (Å²) in [6.07, 6.45) is 0. The maximum atomic E-state index is 10.3. The molecule has 6 N–H and O–H groups in total. The summed E-state index contributed by atoms with van der Waals surface area (Å²) in [7, 11) is 0. The lowest BCUT2D eigenvalue weighted by atomic mass is 9.91. The lowest BCUT2D eigenvalue weighted by Crippen LogP contribution is -1.95. The first kappa shape index (κ1) is 11.0. The third kappa shape index (κ3) is 1.07. The molecule has 0 spiro atoms. The van der Waals surface area contributed by atoms with Gasteiger partial charge in [-0.15, -0.1) is 0 Å². The Bertz CT molecular complexity index is 839. The van der Waals surface area contributed by atoms with Crippen molar-refractivity contribution in [3.63, 3.8) is 0 Å². The van der Waals surface area contributed by atoms with Crippen LogP contribution >= 0.6 is 0 Å². The fraction of sp³-hybridized carbons (Fsp3) is 0. The molecule has 0 aromatic heterocycles. The zero-order valence-electron chi connectivity index (χ0n) is 10.5. The largest absolute Gasteiger partial charge is 0.505 e. The van der Waals surface area contributed by atoms with E-state index in [1.807, 2.05) is 18.2 Å². The minimum Gasteiger partial charge on any atom is -0.505 e. The molecule has 4 heteroatoms. The Morgan fingerprint density at radius 1 is 0.600 bits per heavy atom. The van der Waals surface area contributed by atoms with Crippen LogP contribution in [0, 0.1) is 0 Å². The first-order valence-electron chi connectivity index (χ1n) is 6.26. The molecule has 0 aliphatic heterocycles. The topological polar surface area (TPSA) is 92.5 Å². The molecule has 0 aliphatic carbocycles. The number of hydrogen-bond donors (Lipinski definition) is 4. The van der Waals surface area contributed by atoms with Crippen LogP contribution < -0.4 is 11.5 Å². The van der Waals surface area contributed by atoms with Crippen LogP contribution in [0.2, 0.25) is 0 Å². The highest BCUT2D eigenvalue weighted by Gasteiger charge is 2.19. The minimum absolute atomic E-state index is 0.0415. The van der Waals surface area contributed by atoms with Crippen LogP contribution in [0.15, 0.2) is 36.4 Å². The van der Waals surface area contributed by atoms with Gasteiger partial charge >= 0.3 is 0 Å². The summed E-state index contributed by atoms with van der Waals surface area (Å²) >= 11 is 0. The van der Waals surface area contributed by atoms with Crippen molar-refractivity contribution >= 4 is 43.7 Å². The van der Waals surface area contributed by atoms with Crippen LogP contribution in [-0.2, 0) is 0 Å². The SMILES string of the molecule is Nc1c(O)c2cccc3c(O)c(N)c4cccc1c4c23. The predicted molar refractivity (Wildman–Crippen MR) is 82.3 cm³/mol. The van der Waals surface area contributed by atoms with E-state index in [0.717, 1.165) is 21.5 Å². The first-order valence-corrected chi connectivity index (χ1v) is 6.26. The molecule has 4 aromatic rings. The van der Waals surface area contributed by atoms with E-state index in [0.29, 0.717) is 22.1 Å². The molecule has 0 atom stereocenters. The van der Waals surface area contributed by atoms with E-state index < -0.39 is 0 Å². The van der Waals surface area contributed by atoms with Crippen molar-refractivity contribution in [2.45, 2.75) is 0 Å². The van der Waals surface area contributed by atoms with Crippen molar-refractivity contribution in [2.24, 2.45) is 0 Å². The van der Waals surface area contributed by atoms with Gasteiger partial charge in [-0.25, -0.2) is 0 Å². The van der Waals surface area contributed by atoms with Gasteiger partial charge in [0.15, 0.2) is 0 Å². The zero-order chi connectivity index (χ0) is 14.0. The predicted octanol–water partition coefficient (Wildman–Crippen LogP) is 3.16. The lowest BCUT2D eigenvalue weighted by Gasteiger charge is -2.17. The number of nitrogens with two attached hydrogens (primary N) is 2. The number of benzene rings is 4. The van der Waals surface area contributed by atoms with Crippen molar-refractivity contribution in [2.75, 3.05) is 11.5 Å². The van der Waals surface area contributed by atoms with E-state index in [2.05, 4.69) is 0 Å². The summed E-state index contributed by atoms with van der Waals surface area (Å²) in [6, 6.07) is 10.8. The maximum Gasteiger partial charge on any atom is 0.146 e. The molecule has 0 saturated heterocycles. The summed E-state index contributed by atoms with van der Waals surface area (Å²) in [4.78, 5) is 0. The molecular weight excluding hydrogens is 252 g/mol. The van der Waals surface area contributed by atoms with Gasteiger partial charge in [-0.05, 0) is 0 Å². The van der Waals surface area contributed by atoms with Gasteiger partial charge in [0.05, 0.1) is 11.4 Å². The molecule has 98 valence electrons. The third-order valence-corrected chi connectivity index (χ3v) is 3.98. The van der Waals surface area contributed by atoms with Crippen LogP contribution in [0.3, 0.4) is 0 Å². The molecule has 4 rings (SSSR count). The van der Waals surface area contributed by atoms with Gasteiger partial charge in [0, 0.05) is 32.3 Å². The van der Waals surface area contributed by atoms with Gasteiger partial charge < -0.3 is 21.7 Å². The lowest BCUT2D eigenvalue weighted by molar-refractivity contribution is 0.484. The van der Waals surface area contributed by atoms with Gasteiger partial charge in [-0.1, -0.05) is 36.4 Å². The van der Waals surface area contributed by atoms with Crippen molar-refractivity contribution in [1.82, 2.24) is 0 Å². The molecule has 0 radical (unpaired) electrons. The Labute approximate surface area is 114 Å². The van der Waals surface area contributed by atoms with E-state index in [1.165, 1.54) is 0 Å². The second kappa shape index (κ2) is 3.36.